The van der Waals surface area contributed by atoms with E-state index in [4.69, 9.17) is 10.5 Å². The number of fused-ring (bicyclic) bond motifs is 1. The van der Waals surface area contributed by atoms with Crippen molar-refractivity contribution in [2.75, 3.05) is 26.8 Å². The minimum absolute atomic E-state index is 0.0568. The van der Waals surface area contributed by atoms with Crippen molar-refractivity contribution in [1.82, 2.24) is 19.4 Å². The molecule has 3 heterocycles. The van der Waals surface area contributed by atoms with E-state index >= 15 is 0 Å². The molecule has 5 rings (SSSR count). The molecule has 0 aliphatic carbocycles. The number of methoxy groups -OCH3 is 1. The molecule has 1 amide bonds. The molecule has 0 bridgehead atoms. The zero-order chi connectivity index (χ0) is 28.1. The lowest BCUT2D eigenvalue weighted by Crippen LogP contribution is -2.42. The highest BCUT2D eigenvalue weighted by Gasteiger charge is 2.28. The zero-order valence-corrected chi connectivity index (χ0v) is 22.8. The van der Waals surface area contributed by atoms with Gasteiger partial charge in [-0.2, -0.15) is 0 Å². The largest absolute Gasteiger partial charge is 0.385 e. The molecule has 8 nitrogen and oxygen atoms in total. The molecule has 1 saturated heterocycles. The van der Waals surface area contributed by atoms with E-state index in [1.165, 1.54) is 6.07 Å². The lowest BCUT2D eigenvalue weighted by atomic mass is 9.93. The third-order valence-electron chi connectivity index (χ3n) is 7.72. The first-order valence-corrected chi connectivity index (χ1v) is 13.9. The molecule has 1 aliphatic heterocycles. The highest BCUT2D eigenvalue weighted by molar-refractivity contribution is 5.82. The fourth-order valence-electron chi connectivity index (χ4n) is 5.75. The smallest absolute Gasteiger partial charge is 0.344 e. The monoisotopic (exact) mass is 545 g/mol. The van der Waals surface area contributed by atoms with Gasteiger partial charge in [0.2, 0.25) is 5.91 Å². The lowest BCUT2D eigenvalue weighted by molar-refractivity contribution is -0.132. The van der Waals surface area contributed by atoms with E-state index in [0.29, 0.717) is 38.2 Å². The van der Waals surface area contributed by atoms with Crippen LogP contribution in [-0.2, 0) is 22.5 Å². The van der Waals surface area contributed by atoms with Crippen molar-refractivity contribution in [2.24, 2.45) is 5.73 Å². The first-order valence-electron chi connectivity index (χ1n) is 13.9. The maximum atomic E-state index is 14.8. The Morgan fingerprint density at radius 2 is 2.05 bits per heavy atom. The number of rotatable bonds is 10. The van der Waals surface area contributed by atoms with Crippen molar-refractivity contribution < 1.29 is 13.9 Å². The number of piperidine rings is 1. The summed E-state index contributed by atoms with van der Waals surface area (Å²) in [6.45, 7) is 2.59. The number of likely N-dealkylation sites (tertiary alicyclic amines) is 1. The second-order valence-corrected chi connectivity index (χ2v) is 10.6. The predicted molar refractivity (Wildman–Crippen MR) is 154 cm³/mol. The number of benzene rings is 2. The fourth-order valence-corrected chi connectivity index (χ4v) is 5.75. The van der Waals surface area contributed by atoms with Crippen molar-refractivity contribution in [2.45, 2.75) is 50.6 Å². The van der Waals surface area contributed by atoms with E-state index in [1.807, 2.05) is 35.2 Å². The van der Waals surface area contributed by atoms with Gasteiger partial charge in [-0.15, -0.1) is 0 Å². The standard InChI is InChI=1S/C31H36FN5O3/c1-40-14-4-13-37-28(16-23-5-2-7-27(32)30(23)37)24-6-3-12-36(20-24)29(38)17-26(33)15-21-8-10-22(11-9-21)25-18-34-31(39)35-19-25/h2,5,7-11,16,18-19,24,26H,3-4,6,12-15,17,20,33H2,1H3,(H,34,35,39). The van der Waals surface area contributed by atoms with Gasteiger partial charge in [0.25, 0.3) is 0 Å². The Morgan fingerprint density at radius 3 is 2.80 bits per heavy atom. The normalized spacial score (nSPS) is 16.4. The molecule has 2 aromatic carbocycles. The van der Waals surface area contributed by atoms with Crippen molar-refractivity contribution >= 4 is 16.8 Å². The average Bonchev–Trinajstić information content (AvgIpc) is 3.34. The van der Waals surface area contributed by atoms with Gasteiger partial charge in [0.05, 0.1) is 5.52 Å². The predicted octanol–water partition coefficient (Wildman–Crippen LogP) is 4.23. The van der Waals surface area contributed by atoms with Crippen LogP contribution in [0.4, 0.5) is 4.39 Å². The molecular weight excluding hydrogens is 509 g/mol. The minimum Gasteiger partial charge on any atom is -0.385 e. The van der Waals surface area contributed by atoms with Crippen molar-refractivity contribution in [3.05, 3.63) is 88.5 Å². The number of hydrogen-bond donors (Lipinski definition) is 2. The van der Waals surface area contributed by atoms with Crippen molar-refractivity contribution in [1.29, 1.82) is 0 Å². The Bertz CT molecular complexity index is 1490. The number of nitrogens with zero attached hydrogens (tertiary/aromatic N) is 3. The van der Waals surface area contributed by atoms with Crippen molar-refractivity contribution in [3.8, 4) is 11.1 Å². The van der Waals surface area contributed by atoms with Gasteiger partial charge in [0, 0.05) is 80.8 Å². The van der Waals surface area contributed by atoms with Crippen LogP contribution >= 0.6 is 0 Å². The zero-order valence-electron chi connectivity index (χ0n) is 22.8. The van der Waals surface area contributed by atoms with E-state index in [2.05, 4.69) is 20.6 Å². The Balaban J connectivity index is 1.23. The third kappa shape index (κ3) is 6.32. The number of H-pyrrole nitrogens is 1. The number of ether oxygens (including phenoxy) is 1. The summed E-state index contributed by atoms with van der Waals surface area (Å²) in [5.74, 6) is -0.0288. The number of para-hydroxylation sites is 1. The second-order valence-electron chi connectivity index (χ2n) is 10.6. The van der Waals surface area contributed by atoms with Crippen LogP contribution in [0.2, 0.25) is 0 Å². The highest BCUT2D eigenvalue weighted by atomic mass is 19.1. The lowest BCUT2D eigenvalue weighted by Gasteiger charge is -2.34. The molecule has 1 aliphatic rings. The molecule has 40 heavy (non-hydrogen) atoms. The average molecular weight is 546 g/mol. The summed E-state index contributed by atoms with van der Waals surface area (Å²) >= 11 is 0. The second kappa shape index (κ2) is 12.6. The van der Waals surface area contributed by atoms with Crippen LogP contribution in [0.3, 0.4) is 0 Å². The maximum Gasteiger partial charge on any atom is 0.344 e. The molecule has 2 unspecified atom stereocenters. The third-order valence-corrected chi connectivity index (χ3v) is 7.72. The van der Waals surface area contributed by atoms with E-state index in [9.17, 15) is 14.0 Å². The molecule has 0 radical (unpaired) electrons. The maximum absolute atomic E-state index is 14.8. The Morgan fingerprint density at radius 1 is 1.23 bits per heavy atom. The number of carbonyl (C=O) groups is 1. The van der Waals surface area contributed by atoms with Gasteiger partial charge in [0.15, 0.2) is 0 Å². The number of aromatic nitrogens is 3. The molecule has 210 valence electrons. The topological polar surface area (TPSA) is 106 Å². The molecule has 0 saturated carbocycles. The summed E-state index contributed by atoms with van der Waals surface area (Å²) in [4.78, 5) is 32.8. The number of amides is 1. The Hall–Kier alpha value is -3.82. The SMILES string of the molecule is COCCCn1c(C2CCCN(C(=O)CC(N)Cc3ccc(-c4cnc(=O)[nH]c4)cc3)C2)cc2cccc(F)c21. The number of nitrogens with one attached hydrogen (secondary N) is 1. The van der Waals surface area contributed by atoms with Gasteiger partial charge in [-0.05, 0) is 48.9 Å². The van der Waals surface area contributed by atoms with Crippen LogP contribution < -0.4 is 11.4 Å². The number of aryl methyl sites for hydroxylation is 1. The fraction of sp³-hybridized carbons (Fsp3) is 0.387. The molecule has 2 aromatic heterocycles. The molecular formula is C31H36FN5O3. The summed E-state index contributed by atoms with van der Waals surface area (Å²) in [6.07, 6.45) is 6.67. The summed E-state index contributed by atoms with van der Waals surface area (Å²) in [6, 6.07) is 14.9. The number of nitrogens with two attached hydrogens (primary N) is 1. The van der Waals surface area contributed by atoms with Gasteiger partial charge in [0.1, 0.15) is 5.82 Å². The van der Waals surface area contributed by atoms with Crippen LogP contribution in [0, 0.1) is 5.82 Å². The molecule has 3 N–H and O–H groups in total. The Labute approximate surface area is 233 Å². The molecule has 9 heteroatoms. The van der Waals surface area contributed by atoms with Gasteiger partial charge < -0.3 is 24.9 Å². The molecule has 4 aromatic rings. The van der Waals surface area contributed by atoms with Crippen LogP contribution in [0.5, 0.6) is 0 Å². The van der Waals surface area contributed by atoms with Gasteiger partial charge >= 0.3 is 5.69 Å². The Kier molecular flexibility index (Phi) is 8.72. The number of hydrogen-bond acceptors (Lipinski definition) is 5. The highest BCUT2D eigenvalue weighted by Crippen LogP contribution is 2.33. The molecule has 2 atom stereocenters. The number of halogens is 1. The van der Waals surface area contributed by atoms with E-state index < -0.39 is 0 Å². The quantitative estimate of drug-likeness (QED) is 0.290. The van der Waals surface area contributed by atoms with Crippen LogP contribution in [-0.4, -0.2) is 58.2 Å². The minimum atomic E-state index is -0.380. The van der Waals surface area contributed by atoms with Crippen LogP contribution in [0.25, 0.3) is 22.0 Å². The van der Waals surface area contributed by atoms with Gasteiger partial charge in [-0.25, -0.2) is 14.2 Å². The molecule has 0 spiro atoms. The van der Waals surface area contributed by atoms with Crippen LogP contribution in [0.1, 0.15) is 42.9 Å². The van der Waals surface area contributed by atoms with E-state index in [1.54, 1.807) is 25.6 Å². The summed E-state index contributed by atoms with van der Waals surface area (Å²) in [5.41, 5.74) is 10.6. The van der Waals surface area contributed by atoms with Gasteiger partial charge in [-0.3, -0.25) is 4.79 Å². The van der Waals surface area contributed by atoms with Crippen LogP contribution in [0.15, 0.2) is 65.7 Å². The first kappa shape index (κ1) is 27.7. The van der Waals surface area contributed by atoms with Crippen molar-refractivity contribution in [3.63, 3.8) is 0 Å². The van der Waals surface area contributed by atoms with E-state index in [0.717, 1.165) is 47.0 Å². The van der Waals surface area contributed by atoms with Gasteiger partial charge in [-0.1, -0.05) is 36.4 Å². The summed E-state index contributed by atoms with van der Waals surface area (Å²) in [5, 5.41) is 0.890. The summed E-state index contributed by atoms with van der Waals surface area (Å²) in [7, 11) is 1.67. The molecule has 1 fully saturated rings. The number of aromatic amines is 1. The first-order chi connectivity index (χ1) is 19.4. The van der Waals surface area contributed by atoms with E-state index in [-0.39, 0.29) is 35.8 Å². The summed E-state index contributed by atoms with van der Waals surface area (Å²) < 4.78 is 22.2. The number of carbonyl (C=O) groups excluding carboxylic acids is 1.